The summed E-state index contributed by atoms with van der Waals surface area (Å²) in [7, 11) is 0. The Morgan fingerprint density at radius 1 is 1.10 bits per heavy atom. The highest BCUT2D eigenvalue weighted by molar-refractivity contribution is 6.04. The van der Waals surface area contributed by atoms with Gasteiger partial charge >= 0.3 is 0 Å². The number of ether oxygens (including phenoxy) is 1. The Morgan fingerprint density at radius 3 is 2.57 bits per heavy atom. The van der Waals surface area contributed by atoms with Gasteiger partial charge in [0, 0.05) is 5.56 Å². The van der Waals surface area contributed by atoms with E-state index in [-0.39, 0.29) is 12.2 Å². The standard InChI is InChI=1S/C16H13F2NO2/c17-14-2-1-3-15(18)13(14)9-21-11-5-6-12-10(8-11)4-7-16(12)19-20/h1-3,5-6,8,20H,4,7,9H2/b19-16-. The summed E-state index contributed by atoms with van der Waals surface area (Å²) >= 11 is 0. The fourth-order valence-corrected chi connectivity index (χ4v) is 2.47. The molecule has 0 fully saturated rings. The molecule has 0 atom stereocenters. The number of oxime groups is 1. The van der Waals surface area contributed by atoms with Crippen molar-refractivity contribution in [3.63, 3.8) is 0 Å². The lowest BCUT2D eigenvalue weighted by atomic mass is 10.1. The van der Waals surface area contributed by atoms with Crippen molar-refractivity contribution < 1.29 is 18.7 Å². The molecule has 2 aromatic carbocycles. The molecule has 0 unspecified atom stereocenters. The largest absolute Gasteiger partial charge is 0.489 e. The van der Waals surface area contributed by atoms with Crippen LogP contribution < -0.4 is 4.74 Å². The van der Waals surface area contributed by atoms with Gasteiger partial charge in [0.25, 0.3) is 0 Å². The van der Waals surface area contributed by atoms with Crippen molar-refractivity contribution in [1.82, 2.24) is 0 Å². The van der Waals surface area contributed by atoms with Gasteiger partial charge in [-0.2, -0.15) is 0 Å². The molecule has 3 nitrogen and oxygen atoms in total. The summed E-state index contributed by atoms with van der Waals surface area (Å²) in [6, 6.07) is 9.03. The molecule has 0 bridgehead atoms. The molecule has 0 amide bonds. The van der Waals surface area contributed by atoms with Crippen molar-refractivity contribution >= 4 is 5.71 Å². The molecular formula is C16H13F2NO2. The van der Waals surface area contributed by atoms with Gasteiger partial charge in [-0.15, -0.1) is 0 Å². The first-order valence-corrected chi connectivity index (χ1v) is 6.59. The Balaban J connectivity index is 1.78. The Labute approximate surface area is 120 Å². The van der Waals surface area contributed by atoms with E-state index in [1.807, 2.05) is 6.07 Å². The van der Waals surface area contributed by atoms with E-state index in [1.54, 1.807) is 12.1 Å². The van der Waals surface area contributed by atoms with E-state index in [4.69, 9.17) is 9.94 Å². The van der Waals surface area contributed by atoms with Crippen LogP contribution in [0.1, 0.15) is 23.1 Å². The van der Waals surface area contributed by atoms with Gasteiger partial charge in [-0.3, -0.25) is 0 Å². The van der Waals surface area contributed by atoms with Gasteiger partial charge in [0.2, 0.25) is 0 Å². The maximum atomic E-state index is 13.5. The quantitative estimate of drug-likeness (QED) is 0.692. The molecule has 0 heterocycles. The first-order valence-electron chi connectivity index (χ1n) is 6.59. The molecule has 0 aliphatic heterocycles. The predicted molar refractivity (Wildman–Crippen MR) is 73.8 cm³/mol. The van der Waals surface area contributed by atoms with E-state index in [2.05, 4.69) is 5.16 Å². The van der Waals surface area contributed by atoms with E-state index >= 15 is 0 Å². The summed E-state index contributed by atoms with van der Waals surface area (Å²) in [6.07, 6.45) is 1.44. The lowest BCUT2D eigenvalue weighted by Crippen LogP contribution is -2.02. The Bertz CT molecular complexity index is 693. The smallest absolute Gasteiger partial charge is 0.132 e. The molecule has 0 saturated carbocycles. The number of aryl methyl sites for hydroxylation is 1. The second-order valence-electron chi connectivity index (χ2n) is 4.85. The summed E-state index contributed by atoms with van der Waals surface area (Å²) in [4.78, 5) is 0. The SMILES string of the molecule is O/N=C1/CCc2cc(OCc3c(F)cccc3F)ccc21. The van der Waals surface area contributed by atoms with Crippen molar-refractivity contribution in [3.05, 3.63) is 64.7 Å². The maximum absolute atomic E-state index is 13.5. The maximum Gasteiger partial charge on any atom is 0.132 e. The molecule has 1 aliphatic rings. The number of nitrogens with zero attached hydrogens (tertiary/aromatic N) is 1. The first kappa shape index (κ1) is 13.5. The van der Waals surface area contributed by atoms with Crippen LogP contribution in [0.3, 0.4) is 0 Å². The highest BCUT2D eigenvalue weighted by Crippen LogP contribution is 2.27. The summed E-state index contributed by atoms with van der Waals surface area (Å²) in [5.74, 6) is -0.702. The van der Waals surface area contributed by atoms with E-state index in [0.29, 0.717) is 17.9 Å². The topological polar surface area (TPSA) is 41.8 Å². The number of hydrogen-bond acceptors (Lipinski definition) is 3. The van der Waals surface area contributed by atoms with Crippen molar-refractivity contribution in [1.29, 1.82) is 0 Å². The molecular weight excluding hydrogens is 276 g/mol. The van der Waals surface area contributed by atoms with Crippen LogP contribution in [0, 0.1) is 11.6 Å². The van der Waals surface area contributed by atoms with Crippen LogP contribution >= 0.6 is 0 Å². The van der Waals surface area contributed by atoms with Gasteiger partial charge in [-0.1, -0.05) is 11.2 Å². The minimum Gasteiger partial charge on any atom is -0.489 e. The first-order chi connectivity index (χ1) is 10.2. The third kappa shape index (κ3) is 2.59. The average Bonchev–Trinajstić information content (AvgIpc) is 2.89. The van der Waals surface area contributed by atoms with Crippen LogP contribution in [0.15, 0.2) is 41.6 Å². The van der Waals surface area contributed by atoms with Crippen molar-refractivity contribution in [2.75, 3.05) is 0 Å². The number of fused-ring (bicyclic) bond motifs is 1. The Morgan fingerprint density at radius 2 is 1.86 bits per heavy atom. The van der Waals surface area contributed by atoms with Crippen LogP contribution in [-0.4, -0.2) is 10.9 Å². The second kappa shape index (κ2) is 5.52. The lowest BCUT2D eigenvalue weighted by molar-refractivity contribution is 0.292. The third-order valence-electron chi connectivity index (χ3n) is 3.58. The van der Waals surface area contributed by atoms with Crippen LogP contribution in [0.2, 0.25) is 0 Å². The Hall–Kier alpha value is -2.43. The second-order valence-corrected chi connectivity index (χ2v) is 4.85. The highest BCUT2D eigenvalue weighted by Gasteiger charge is 2.19. The highest BCUT2D eigenvalue weighted by atomic mass is 19.1. The summed E-state index contributed by atoms with van der Waals surface area (Å²) in [5.41, 5.74) is 2.46. The van der Waals surface area contributed by atoms with Gasteiger partial charge < -0.3 is 9.94 Å². The minimum atomic E-state index is -0.620. The van der Waals surface area contributed by atoms with E-state index in [0.717, 1.165) is 17.5 Å². The summed E-state index contributed by atoms with van der Waals surface area (Å²) in [5, 5.41) is 12.1. The van der Waals surface area contributed by atoms with Crippen LogP contribution in [0.5, 0.6) is 5.75 Å². The van der Waals surface area contributed by atoms with E-state index in [9.17, 15) is 8.78 Å². The van der Waals surface area contributed by atoms with Gasteiger partial charge in [0.15, 0.2) is 0 Å². The molecule has 1 N–H and O–H groups in total. The zero-order valence-electron chi connectivity index (χ0n) is 11.1. The van der Waals surface area contributed by atoms with E-state index in [1.165, 1.54) is 18.2 Å². The monoisotopic (exact) mass is 289 g/mol. The molecule has 5 heteroatoms. The van der Waals surface area contributed by atoms with E-state index < -0.39 is 11.6 Å². The minimum absolute atomic E-state index is 0.0874. The molecule has 0 radical (unpaired) electrons. The van der Waals surface area contributed by atoms with Crippen molar-refractivity contribution in [2.45, 2.75) is 19.4 Å². The fourth-order valence-electron chi connectivity index (χ4n) is 2.47. The van der Waals surface area contributed by atoms with Gasteiger partial charge in [-0.25, -0.2) is 8.78 Å². The molecule has 2 aromatic rings. The van der Waals surface area contributed by atoms with Gasteiger partial charge in [-0.05, 0) is 48.7 Å². The van der Waals surface area contributed by atoms with Crippen LogP contribution in [0.4, 0.5) is 8.78 Å². The zero-order chi connectivity index (χ0) is 14.8. The molecule has 21 heavy (non-hydrogen) atoms. The Kier molecular flexibility index (Phi) is 3.56. The fraction of sp³-hybridized carbons (Fsp3) is 0.188. The predicted octanol–water partition coefficient (Wildman–Crippen LogP) is 3.67. The summed E-state index contributed by atoms with van der Waals surface area (Å²) in [6.45, 7) is -0.168. The summed E-state index contributed by atoms with van der Waals surface area (Å²) < 4.78 is 32.5. The molecule has 1 aliphatic carbocycles. The number of hydrogen-bond donors (Lipinski definition) is 1. The van der Waals surface area contributed by atoms with Crippen LogP contribution in [-0.2, 0) is 13.0 Å². The third-order valence-corrected chi connectivity index (χ3v) is 3.58. The normalized spacial score (nSPS) is 15.2. The molecule has 0 aromatic heterocycles. The zero-order valence-corrected chi connectivity index (χ0v) is 11.1. The van der Waals surface area contributed by atoms with Crippen LogP contribution in [0.25, 0.3) is 0 Å². The average molecular weight is 289 g/mol. The molecule has 0 spiro atoms. The van der Waals surface area contributed by atoms with Crippen molar-refractivity contribution in [2.24, 2.45) is 5.16 Å². The van der Waals surface area contributed by atoms with Gasteiger partial charge in [0.05, 0.1) is 11.3 Å². The number of rotatable bonds is 3. The van der Waals surface area contributed by atoms with Gasteiger partial charge in [0.1, 0.15) is 24.0 Å². The molecule has 108 valence electrons. The molecule has 3 rings (SSSR count). The lowest BCUT2D eigenvalue weighted by Gasteiger charge is -2.09. The van der Waals surface area contributed by atoms with Crippen molar-refractivity contribution in [3.8, 4) is 5.75 Å². The molecule has 0 saturated heterocycles. The number of halogens is 2. The number of benzene rings is 2.